The van der Waals surface area contributed by atoms with Crippen molar-refractivity contribution in [1.29, 1.82) is 0 Å². The van der Waals surface area contributed by atoms with Crippen LogP contribution in [0, 0.1) is 6.92 Å². The summed E-state index contributed by atoms with van der Waals surface area (Å²) in [7, 11) is 0. The topological polar surface area (TPSA) is 83.8 Å². The Labute approximate surface area is 130 Å². The second-order valence-corrected chi connectivity index (χ2v) is 5.29. The molecule has 22 heavy (non-hydrogen) atoms. The molecule has 0 atom stereocenters. The van der Waals surface area contributed by atoms with E-state index in [2.05, 4.69) is 30.2 Å². The highest BCUT2D eigenvalue weighted by molar-refractivity contribution is 6.28. The van der Waals surface area contributed by atoms with Crippen molar-refractivity contribution < 1.29 is 0 Å². The van der Waals surface area contributed by atoms with E-state index in [9.17, 15) is 0 Å². The molecule has 0 aliphatic heterocycles. The van der Waals surface area contributed by atoms with Crippen LogP contribution in [-0.2, 0) is 6.54 Å². The van der Waals surface area contributed by atoms with Crippen LogP contribution in [0.1, 0.15) is 11.3 Å². The average Bonchev–Trinajstić information content (AvgIpc) is 3.11. The van der Waals surface area contributed by atoms with Gasteiger partial charge in [0.2, 0.25) is 5.28 Å². The number of halogens is 1. The molecule has 8 heteroatoms. The largest absolute Gasteiger partial charge is 0.362 e. The predicted octanol–water partition coefficient (Wildman–Crippen LogP) is 2.57. The Kier molecular flexibility index (Phi) is 2.93. The smallest absolute Gasteiger partial charge is 0.226 e. The number of hydrogen-bond acceptors (Lipinski definition) is 5. The number of rotatable bonds is 3. The minimum Gasteiger partial charge on any atom is -0.362 e. The molecule has 0 fully saturated rings. The van der Waals surface area contributed by atoms with Gasteiger partial charge in [0.1, 0.15) is 11.2 Å². The van der Waals surface area contributed by atoms with E-state index in [1.807, 2.05) is 35.9 Å². The lowest BCUT2D eigenvalue weighted by molar-refractivity contribution is 1.05. The van der Waals surface area contributed by atoms with Gasteiger partial charge in [-0.05, 0) is 30.2 Å². The second kappa shape index (κ2) is 4.96. The normalized spacial score (nSPS) is 11.4. The zero-order chi connectivity index (χ0) is 15.1. The first kappa shape index (κ1) is 13.0. The van der Waals surface area contributed by atoms with Gasteiger partial charge in [-0.3, -0.25) is 0 Å². The highest BCUT2D eigenvalue weighted by Gasteiger charge is 2.10. The summed E-state index contributed by atoms with van der Waals surface area (Å²) in [4.78, 5) is 20.0. The molecule has 2 N–H and O–H groups in total. The van der Waals surface area contributed by atoms with Gasteiger partial charge in [0, 0.05) is 12.4 Å². The summed E-state index contributed by atoms with van der Waals surface area (Å²) >= 11 is 5.91. The molecule has 0 aliphatic rings. The minimum absolute atomic E-state index is 0.160. The number of imidazole rings is 2. The first-order chi connectivity index (χ1) is 10.7. The summed E-state index contributed by atoms with van der Waals surface area (Å²) in [5.41, 5.74) is 4.26. The van der Waals surface area contributed by atoms with Crippen LogP contribution in [0.5, 0.6) is 0 Å². The number of hydrogen-bond donors (Lipinski definition) is 2. The van der Waals surface area contributed by atoms with Crippen molar-refractivity contribution in [2.45, 2.75) is 13.5 Å². The molecule has 4 rings (SSSR count). The molecule has 0 saturated carbocycles. The maximum atomic E-state index is 5.91. The van der Waals surface area contributed by atoms with Crippen molar-refractivity contribution in [2.24, 2.45) is 0 Å². The SMILES string of the molecule is Cc1cccn2cc(CNc3nc(Cl)nc4nc[nH]c34)nc12. The molecule has 4 aromatic rings. The molecule has 110 valence electrons. The Morgan fingerprint density at radius 2 is 2.23 bits per heavy atom. The number of aromatic amines is 1. The fourth-order valence-electron chi connectivity index (χ4n) is 2.40. The molecule has 4 heterocycles. The molecular formula is C14H12ClN7. The molecule has 0 unspecified atom stereocenters. The molecule has 0 spiro atoms. The number of anilines is 1. The molecule has 0 radical (unpaired) electrons. The Morgan fingerprint density at radius 1 is 1.32 bits per heavy atom. The van der Waals surface area contributed by atoms with Crippen LogP contribution in [0.4, 0.5) is 5.82 Å². The number of H-pyrrole nitrogens is 1. The zero-order valence-electron chi connectivity index (χ0n) is 11.7. The summed E-state index contributed by atoms with van der Waals surface area (Å²) in [6, 6.07) is 4.04. The fraction of sp³-hybridized carbons (Fsp3) is 0.143. The van der Waals surface area contributed by atoms with E-state index in [0.717, 1.165) is 22.4 Å². The highest BCUT2D eigenvalue weighted by Crippen LogP contribution is 2.19. The number of pyridine rings is 1. The van der Waals surface area contributed by atoms with Crippen LogP contribution in [0.15, 0.2) is 30.9 Å². The van der Waals surface area contributed by atoms with Crippen LogP contribution in [0.25, 0.3) is 16.8 Å². The van der Waals surface area contributed by atoms with Gasteiger partial charge in [-0.1, -0.05) is 6.07 Å². The Morgan fingerprint density at radius 3 is 3.09 bits per heavy atom. The number of fused-ring (bicyclic) bond motifs is 2. The third kappa shape index (κ3) is 2.15. The van der Waals surface area contributed by atoms with E-state index < -0.39 is 0 Å². The van der Waals surface area contributed by atoms with Crippen molar-refractivity contribution in [3.05, 3.63) is 47.4 Å². The van der Waals surface area contributed by atoms with Crippen molar-refractivity contribution in [3.8, 4) is 0 Å². The van der Waals surface area contributed by atoms with Crippen LogP contribution in [-0.4, -0.2) is 29.3 Å². The van der Waals surface area contributed by atoms with Gasteiger partial charge < -0.3 is 14.7 Å². The summed E-state index contributed by atoms with van der Waals surface area (Å²) in [5, 5.41) is 3.39. The quantitative estimate of drug-likeness (QED) is 0.568. The predicted molar refractivity (Wildman–Crippen MR) is 83.9 cm³/mol. The highest BCUT2D eigenvalue weighted by atomic mass is 35.5. The number of nitrogens with zero attached hydrogens (tertiary/aromatic N) is 5. The molecule has 0 amide bonds. The van der Waals surface area contributed by atoms with Gasteiger partial charge in [-0.2, -0.15) is 9.97 Å². The molecule has 7 nitrogen and oxygen atoms in total. The number of aryl methyl sites for hydroxylation is 1. The molecule has 0 bridgehead atoms. The van der Waals surface area contributed by atoms with Gasteiger partial charge in [-0.15, -0.1) is 0 Å². The maximum absolute atomic E-state index is 5.91. The summed E-state index contributed by atoms with van der Waals surface area (Å²) in [5.74, 6) is 0.612. The zero-order valence-corrected chi connectivity index (χ0v) is 12.5. The lowest BCUT2D eigenvalue weighted by atomic mass is 10.3. The minimum atomic E-state index is 0.160. The fourth-order valence-corrected chi connectivity index (χ4v) is 2.56. The van der Waals surface area contributed by atoms with Gasteiger partial charge in [-0.25, -0.2) is 9.97 Å². The standard InChI is InChI=1S/C14H12ClN7/c1-8-3-2-4-22-6-9(19-13(8)22)5-16-11-10-12(18-7-17-10)21-14(15)20-11/h2-4,6-7H,5H2,1H3,(H2,16,17,18,20,21). The van der Waals surface area contributed by atoms with E-state index in [1.165, 1.54) is 0 Å². The summed E-state index contributed by atoms with van der Waals surface area (Å²) < 4.78 is 2.01. The van der Waals surface area contributed by atoms with E-state index in [-0.39, 0.29) is 5.28 Å². The summed E-state index contributed by atoms with van der Waals surface area (Å²) in [6.45, 7) is 2.57. The average molecular weight is 314 g/mol. The summed E-state index contributed by atoms with van der Waals surface area (Å²) in [6.07, 6.45) is 5.53. The van der Waals surface area contributed by atoms with Gasteiger partial charge in [0.25, 0.3) is 0 Å². The van der Waals surface area contributed by atoms with Crippen molar-refractivity contribution in [2.75, 3.05) is 5.32 Å². The van der Waals surface area contributed by atoms with Gasteiger partial charge in [0.05, 0.1) is 18.6 Å². The van der Waals surface area contributed by atoms with E-state index in [1.54, 1.807) is 6.33 Å². The molecule has 0 saturated heterocycles. The van der Waals surface area contributed by atoms with E-state index in [0.29, 0.717) is 18.0 Å². The third-order valence-electron chi connectivity index (χ3n) is 3.42. The van der Waals surface area contributed by atoms with Crippen LogP contribution in [0.2, 0.25) is 5.28 Å². The van der Waals surface area contributed by atoms with E-state index in [4.69, 9.17) is 11.6 Å². The molecule has 4 aromatic heterocycles. The monoisotopic (exact) mass is 313 g/mol. The van der Waals surface area contributed by atoms with Crippen LogP contribution < -0.4 is 5.32 Å². The lowest BCUT2D eigenvalue weighted by Crippen LogP contribution is -2.03. The van der Waals surface area contributed by atoms with Gasteiger partial charge in [0.15, 0.2) is 11.5 Å². The Hall–Kier alpha value is -2.67. The lowest BCUT2D eigenvalue weighted by Gasteiger charge is -2.04. The second-order valence-electron chi connectivity index (χ2n) is 4.95. The Balaban J connectivity index is 1.65. The molecule has 0 aliphatic carbocycles. The number of aromatic nitrogens is 6. The molecule has 0 aromatic carbocycles. The van der Waals surface area contributed by atoms with Crippen LogP contribution in [0.3, 0.4) is 0 Å². The van der Waals surface area contributed by atoms with Crippen molar-refractivity contribution in [1.82, 2.24) is 29.3 Å². The van der Waals surface area contributed by atoms with Crippen LogP contribution >= 0.6 is 11.6 Å². The third-order valence-corrected chi connectivity index (χ3v) is 3.59. The first-order valence-electron chi connectivity index (χ1n) is 6.74. The van der Waals surface area contributed by atoms with Gasteiger partial charge >= 0.3 is 0 Å². The number of nitrogens with one attached hydrogen (secondary N) is 2. The Bertz CT molecular complexity index is 972. The first-order valence-corrected chi connectivity index (χ1v) is 7.12. The van der Waals surface area contributed by atoms with Crippen molar-refractivity contribution >= 4 is 34.2 Å². The van der Waals surface area contributed by atoms with Crippen molar-refractivity contribution in [3.63, 3.8) is 0 Å². The van der Waals surface area contributed by atoms with E-state index >= 15 is 0 Å². The maximum Gasteiger partial charge on any atom is 0.226 e. The molecular weight excluding hydrogens is 302 g/mol.